The molecule has 1 heterocycles. The number of thiazole rings is 1. The quantitative estimate of drug-likeness (QED) is 0.421. The summed E-state index contributed by atoms with van der Waals surface area (Å²) in [5.41, 5.74) is 1.79. The van der Waals surface area contributed by atoms with Crippen LogP contribution in [0.15, 0.2) is 52.9 Å². The number of para-hydroxylation sites is 1. The Kier molecular flexibility index (Phi) is 7.20. The van der Waals surface area contributed by atoms with Gasteiger partial charge in [0.2, 0.25) is 0 Å². The second-order valence-electron chi connectivity index (χ2n) is 5.89. The third kappa shape index (κ3) is 6.03. The normalized spacial score (nSPS) is 10.5. The zero-order valence-electron chi connectivity index (χ0n) is 15.6. The van der Waals surface area contributed by atoms with Crippen LogP contribution in [-0.4, -0.2) is 41.7 Å². The molecule has 3 aromatic rings. The fraction of sp³-hybridized carbons (Fsp3) is 0.200. The number of hydrogen-bond donors (Lipinski definition) is 2. The molecule has 7 nitrogen and oxygen atoms in total. The smallest absolute Gasteiger partial charge is 0.316 e. The molecule has 9 heteroatoms. The molecule has 2 N–H and O–H groups in total. The molecule has 2 aromatic carbocycles. The fourth-order valence-corrected chi connectivity index (χ4v) is 4.29. The number of fused-ring (bicyclic) bond motifs is 1. The van der Waals surface area contributed by atoms with Gasteiger partial charge >= 0.3 is 5.97 Å². The Morgan fingerprint density at radius 3 is 2.76 bits per heavy atom. The number of anilines is 1. The van der Waals surface area contributed by atoms with Crippen molar-refractivity contribution in [1.82, 2.24) is 10.3 Å². The highest BCUT2D eigenvalue weighted by atomic mass is 32.2. The average molecular weight is 430 g/mol. The number of nitrogens with one attached hydrogen (secondary N) is 2. The van der Waals surface area contributed by atoms with Gasteiger partial charge in [0.1, 0.15) is 0 Å². The lowest BCUT2D eigenvalue weighted by molar-refractivity contribution is -0.144. The van der Waals surface area contributed by atoms with Crippen LogP contribution in [0.3, 0.4) is 0 Å². The Morgan fingerprint density at radius 2 is 1.97 bits per heavy atom. The number of esters is 1. The van der Waals surface area contributed by atoms with Crippen LogP contribution in [0.2, 0.25) is 0 Å². The van der Waals surface area contributed by atoms with E-state index in [1.54, 1.807) is 24.3 Å². The molecule has 0 saturated heterocycles. The van der Waals surface area contributed by atoms with Crippen LogP contribution in [0.25, 0.3) is 10.2 Å². The molecule has 0 atom stereocenters. The first-order chi connectivity index (χ1) is 14.0. The highest BCUT2D eigenvalue weighted by Crippen LogP contribution is 2.29. The number of carbonyl (C=O) groups excluding carboxylic acids is 3. The van der Waals surface area contributed by atoms with Crippen molar-refractivity contribution < 1.29 is 19.1 Å². The molecule has 0 bridgehead atoms. The fourth-order valence-electron chi connectivity index (χ4n) is 2.42. The molecule has 0 saturated carbocycles. The molecule has 0 unspecified atom stereocenters. The maximum Gasteiger partial charge on any atom is 0.316 e. The Morgan fingerprint density at radius 1 is 1.14 bits per heavy atom. The van der Waals surface area contributed by atoms with Crippen LogP contribution in [0, 0.1) is 0 Å². The van der Waals surface area contributed by atoms with Crippen LogP contribution < -0.4 is 10.6 Å². The maximum atomic E-state index is 12.0. The van der Waals surface area contributed by atoms with Gasteiger partial charge in [-0.2, -0.15) is 0 Å². The topological polar surface area (TPSA) is 97.4 Å². The number of benzene rings is 2. The van der Waals surface area contributed by atoms with Gasteiger partial charge in [-0.25, -0.2) is 4.98 Å². The summed E-state index contributed by atoms with van der Waals surface area (Å²) in [6.07, 6.45) is 0. The van der Waals surface area contributed by atoms with Crippen molar-refractivity contribution in [3.05, 3.63) is 54.1 Å². The molecule has 0 spiro atoms. The standard InChI is InChI=1S/C20H19N3O4S2/c1-2-21-19(26)13-6-5-7-14(10-13)22-17(24)11-27-18(25)12-28-20-23-15-8-3-4-9-16(15)29-20/h3-10H,2,11-12H2,1H3,(H,21,26)(H,22,24). The van der Waals surface area contributed by atoms with Crippen LogP contribution in [-0.2, 0) is 14.3 Å². The highest BCUT2D eigenvalue weighted by molar-refractivity contribution is 8.01. The van der Waals surface area contributed by atoms with Gasteiger partial charge in [-0.1, -0.05) is 30.0 Å². The summed E-state index contributed by atoms with van der Waals surface area (Å²) in [6, 6.07) is 14.3. The monoisotopic (exact) mass is 429 g/mol. The largest absolute Gasteiger partial charge is 0.455 e. The number of hydrogen-bond acceptors (Lipinski definition) is 7. The third-order valence-electron chi connectivity index (χ3n) is 3.70. The second-order valence-corrected chi connectivity index (χ2v) is 8.14. The van der Waals surface area contributed by atoms with Gasteiger partial charge < -0.3 is 15.4 Å². The predicted octanol–water partition coefficient (Wildman–Crippen LogP) is 3.32. The van der Waals surface area contributed by atoms with Gasteiger partial charge in [-0.05, 0) is 37.3 Å². The van der Waals surface area contributed by atoms with E-state index in [2.05, 4.69) is 15.6 Å². The van der Waals surface area contributed by atoms with Gasteiger partial charge in [0, 0.05) is 17.8 Å². The summed E-state index contributed by atoms with van der Waals surface area (Å²) in [6.45, 7) is 1.94. The lowest BCUT2D eigenvalue weighted by Crippen LogP contribution is -2.24. The Hall–Kier alpha value is -2.91. The van der Waals surface area contributed by atoms with Crippen molar-refractivity contribution >= 4 is 56.8 Å². The molecule has 150 valence electrons. The van der Waals surface area contributed by atoms with Crippen molar-refractivity contribution in [2.45, 2.75) is 11.3 Å². The summed E-state index contributed by atoms with van der Waals surface area (Å²) in [5.74, 6) is -1.13. The number of rotatable bonds is 8. The molecular weight excluding hydrogens is 410 g/mol. The molecule has 0 aliphatic heterocycles. The summed E-state index contributed by atoms with van der Waals surface area (Å²) in [5, 5.41) is 5.30. The molecule has 0 aliphatic carbocycles. The van der Waals surface area contributed by atoms with Crippen molar-refractivity contribution in [3.8, 4) is 0 Å². The summed E-state index contributed by atoms with van der Waals surface area (Å²) >= 11 is 2.78. The van der Waals surface area contributed by atoms with E-state index in [4.69, 9.17) is 4.74 Å². The van der Waals surface area contributed by atoms with E-state index in [-0.39, 0.29) is 11.7 Å². The van der Waals surface area contributed by atoms with E-state index in [9.17, 15) is 14.4 Å². The maximum absolute atomic E-state index is 12.0. The van der Waals surface area contributed by atoms with E-state index in [1.165, 1.54) is 23.1 Å². The van der Waals surface area contributed by atoms with Gasteiger partial charge in [-0.15, -0.1) is 11.3 Å². The zero-order valence-corrected chi connectivity index (χ0v) is 17.3. The number of thioether (sulfide) groups is 1. The zero-order chi connectivity index (χ0) is 20.6. The van der Waals surface area contributed by atoms with Crippen LogP contribution >= 0.6 is 23.1 Å². The van der Waals surface area contributed by atoms with Crippen LogP contribution in [0.4, 0.5) is 5.69 Å². The molecule has 0 fully saturated rings. The first-order valence-corrected chi connectivity index (χ1v) is 10.7. The van der Waals surface area contributed by atoms with E-state index >= 15 is 0 Å². The number of aromatic nitrogens is 1. The van der Waals surface area contributed by atoms with Crippen molar-refractivity contribution in [2.75, 3.05) is 24.2 Å². The van der Waals surface area contributed by atoms with Crippen LogP contribution in [0.5, 0.6) is 0 Å². The van der Waals surface area contributed by atoms with Gasteiger partial charge in [-0.3, -0.25) is 14.4 Å². The summed E-state index contributed by atoms with van der Waals surface area (Å²) in [4.78, 5) is 40.2. The minimum Gasteiger partial charge on any atom is -0.455 e. The molecule has 29 heavy (non-hydrogen) atoms. The number of carbonyl (C=O) groups is 3. The highest BCUT2D eigenvalue weighted by Gasteiger charge is 2.12. The minimum absolute atomic E-state index is 0.0692. The van der Waals surface area contributed by atoms with Crippen molar-refractivity contribution in [3.63, 3.8) is 0 Å². The Bertz CT molecular complexity index is 1000. The SMILES string of the molecule is CCNC(=O)c1cccc(NC(=O)COC(=O)CSc2nc3ccccc3s2)c1. The number of ether oxygens (including phenoxy) is 1. The lowest BCUT2D eigenvalue weighted by atomic mass is 10.2. The molecular formula is C20H19N3O4S2. The van der Waals surface area contributed by atoms with Gasteiger partial charge in [0.05, 0.1) is 16.0 Å². The van der Waals surface area contributed by atoms with Crippen LogP contribution in [0.1, 0.15) is 17.3 Å². The first kappa shape index (κ1) is 20.8. The molecule has 1 aromatic heterocycles. The molecule has 3 rings (SSSR count). The lowest BCUT2D eigenvalue weighted by Gasteiger charge is -2.08. The minimum atomic E-state index is -0.500. The van der Waals surface area contributed by atoms with Gasteiger partial charge in [0.15, 0.2) is 10.9 Å². The summed E-state index contributed by atoms with van der Waals surface area (Å²) < 4.78 is 6.84. The Labute approximate surface area is 175 Å². The number of amides is 2. The Balaban J connectivity index is 1.44. The van der Waals surface area contributed by atoms with Crippen molar-refractivity contribution in [2.24, 2.45) is 0 Å². The second kappa shape index (κ2) is 10.0. The third-order valence-corrected chi connectivity index (χ3v) is 5.85. The van der Waals surface area contributed by atoms with E-state index < -0.39 is 18.5 Å². The van der Waals surface area contributed by atoms with E-state index in [0.717, 1.165) is 14.6 Å². The predicted molar refractivity (Wildman–Crippen MR) is 114 cm³/mol. The van der Waals surface area contributed by atoms with E-state index in [0.29, 0.717) is 17.8 Å². The summed E-state index contributed by atoms with van der Waals surface area (Å²) in [7, 11) is 0. The van der Waals surface area contributed by atoms with E-state index in [1.807, 2.05) is 31.2 Å². The first-order valence-electron chi connectivity index (χ1n) is 8.87. The van der Waals surface area contributed by atoms with Gasteiger partial charge in [0.25, 0.3) is 11.8 Å². The molecule has 0 aliphatic rings. The van der Waals surface area contributed by atoms with Crippen molar-refractivity contribution in [1.29, 1.82) is 0 Å². The molecule has 0 radical (unpaired) electrons. The molecule has 2 amide bonds. The average Bonchev–Trinajstić information content (AvgIpc) is 3.14. The number of nitrogens with zero attached hydrogens (tertiary/aromatic N) is 1.